The Bertz CT molecular complexity index is 435. The van der Waals surface area contributed by atoms with Crippen LogP contribution in [-0.4, -0.2) is 9.38 Å². The quantitative estimate of drug-likeness (QED) is 0.643. The predicted molar refractivity (Wildman–Crippen MR) is 39.5 cm³/mol. The van der Waals surface area contributed by atoms with Crippen LogP contribution in [0.4, 0.5) is 14.7 Å². The number of nitrogens with zero attached hydrogens (tertiary/aromatic N) is 2. The van der Waals surface area contributed by atoms with Crippen LogP contribution in [0.2, 0.25) is 0 Å². The highest BCUT2D eigenvalue weighted by Crippen LogP contribution is 2.13. The molecule has 2 aromatic rings. The summed E-state index contributed by atoms with van der Waals surface area (Å²) in [5.41, 5.74) is 5.51. The van der Waals surface area contributed by atoms with Gasteiger partial charge in [-0.3, -0.25) is 4.40 Å². The van der Waals surface area contributed by atoms with E-state index in [1.807, 2.05) is 0 Å². The molecule has 0 aliphatic heterocycles. The number of nitrogens with two attached hydrogens (primary N) is 1. The van der Waals surface area contributed by atoms with E-state index in [9.17, 15) is 8.78 Å². The molecule has 0 saturated carbocycles. The summed E-state index contributed by atoms with van der Waals surface area (Å²) in [6.07, 6.45) is 2.34. The van der Waals surface area contributed by atoms with Gasteiger partial charge in [-0.05, 0) is 0 Å². The van der Waals surface area contributed by atoms with E-state index in [4.69, 9.17) is 5.73 Å². The van der Waals surface area contributed by atoms with Gasteiger partial charge >= 0.3 is 0 Å². The Balaban J connectivity index is 2.92. The molecular formula is C7H5F2N3. The Morgan fingerprint density at radius 1 is 1.42 bits per heavy atom. The average Bonchev–Trinajstić information content (AvgIpc) is 2.33. The molecule has 2 heterocycles. The monoisotopic (exact) mass is 169 g/mol. The lowest BCUT2D eigenvalue weighted by atomic mass is 10.4. The number of anilines is 1. The molecule has 2 N–H and O–H groups in total. The largest absolute Gasteiger partial charge is 0.369 e. The number of rotatable bonds is 0. The van der Waals surface area contributed by atoms with Gasteiger partial charge in [0.1, 0.15) is 11.3 Å². The van der Waals surface area contributed by atoms with Gasteiger partial charge in [-0.1, -0.05) is 0 Å². The molecule has 0 atom stereocenters. The molecule has 62 valence electrons. The highest BCUT2D eigenvalue weighted by molar-refractivity contribution is 5.51. The van der Waals surface area contributed by atoms with Crippen LogP contribution in [0, 0.1) is 11.6 Å². The molecule has 0 radical (unpaired) electrons. The molecule has 5 heteroatoms. The molecule has 0 amide bonds. The van der Waals surface area contributed by atoms with Crippen molar-refractivity contribution in [2.45, 2.75) is 0 Å². The summed E-state index contributed by atoms with van der Waals surface area (Å²) < 4.78 is 26.7. The van der Waals surface area contributed by atoms with Crippen LogP contribution in [0.1, 0.15) is 0 Å². The number of nitrogen functional groups attached to an aromatic ring is 1. The highest BCUT2D eigenvalue weighted by atomic mass is 19.1. The molecule has 0 aliphatic carbocycles. The second-order valence-electron chi connectivity index (χ2n) is 2.38. The van der Waals surface area contributed by atoms with Gasteiger partial charge in [0, 0.05) is 12.3 Å². The number of hydrogen-bond acceptors (Lipinski definition) is 2. The molecule has 3 nitrogen and oxygen atoms in total. The Morgan fingerprint density at radius 3 is 2.92 bits per heavy atom. The third-order valence-electron chi connectivity index (χ3n) is 1.59. The minimum Gasteiger partial charge on any atom is -0.369 e. The summed E-state index contributed by atoms with van der Waals surface area (Å²) in [4.78, 5) is 3.63. The van der Waals surface area contributed by atoms with Gasteiger partial charge < -0.3 is 5.73 Å². The maximum Gasteiger partial charge on any atom is 0.205 e. The Labute approximate surface area is 66.4 Å². The fourth-order valence-corrected chi connectivity index (χ4v) is 1.04. The topological polar surface area (TPSA) is 43.3 Å². The molecule has 0 spiro atoms. The Kier molecular flexibility index (Phi) is 1.27. The third kappa shape index (κ3) is 0.827. The molecule has 2 rings (SSSR count). The maximum absolute atomic E-state index is 12.9. The number of fused-ring (bicyclic) bond motifs is 1. The van der Waals surface area contributed by atoms with Crippen molar-refractivity contribution < 1.29 is 8.78 Å². The van der Waals surface area contributed by atoms with Crippen LogP contribution >= 0.6 is 0 Å². The average molecular weight is 169 g/mol. The minimum absolute atomic E-state index is 0.0726. The second-order valence-corrected chi connectivity index (χ2v) is 2.38. The maximum atomic E-state index is 12.9. The van der Waals surface area contributed by atoms with E-state index in [1.54, 1.807) is 0 Å². The zero-order valence-corrected chi connectivity index (χ0v) is 5.96. The summed E-state index contributed by atoms with van der Waals surface area (Å²) >= 11 is 0. The van der Waals surface area contributed by atoms with Gasteiger partial charge in [-0.25, -0.2) is 13.8 Å². The molecule has 0 aliphatic rings. The van der Waals surface area contributed by atoms with E-state index in [2.05, 4.69) is 4.98 Å². The summed E-state index contributed by atoms with van der Waals surface area (Å²) in [7, 11) is 0. The van der Waals surface area contributed by atoms with Crippen molar-refractivity contribution in [2.24, 2.45) is 0 Å². The third-order valence-corrected chi connectivity index (χ3v) is 1.59. The first kappa shape index (κ1) is 7.02. The first-order chi connectivity index (χ1) is 5.68. The van der Waals surface area contributed by atoms with Crippen LogP contribution in [0.25, 0.3) is 5.52 Å². The van der Waals surface area contributed by atoms with E-state index < -0.39 is 11.6 Å². The standard InChI is InChI=1S/C7H5F2N3/c8-4-1-5(9)6-2-11-7(10)12(6)3-4/h1-3H,(H2,10,11). The van der Waals surface area contributed by atoms with Crippen molar-refractivity contribution in [1.82, 2.24) is 9.38 Å². The van der Waals surface area contributed by atoms with Crippen LogP contribution in [0.15, 0.2) is 18.5 Å². The molecular weight excluding hydrogens is 164 g/mol. The first-order valence-corrected chi connectivity index (χ1v) is 3.26. The SMILES string of the molecule is Nc1ncc2c(F)cc(F)cn12. The zero-order valence-electron chi connectivity index (χ0n) is 5.96. The summed E-state index contributed by atoms with van der Waals surface area (Å²) in [5, 5.41) is 0. The van der Waals surface area contributed by atoms with Crippen molar-refractivity contribution in [1.29, 1.82) is 0 Å². The summed E-state index contributed by atoms with van der Waals surface area (Å²) in [5.74, 6) is -1.27. The van der Waals surface area contributed by atoms with Gasteiger partial charge in [0.2, 0.25) is 5.95 Å². The molecule has 12 heavy (non-hydrogen) atoms. The predicted octanol–water partition coefficient (Wildman–Crippen LogP) is 1.19. The van der Waals surface area contributed by atoms with E-state index >= 15 is 0 Å². The molecule has 2 aromatic heterocycles. The fourth-order valence-electron chi connectivity index (χ4n) is 1.04. The van der Waals surface area contributed by atoms with Crippen molar-refractivity contribution in [3.05, 3.63) is 30.1 Å². The van der Waals surface area contributed by atoms with Gasteiger partial charge in [0.25, 0.3) is 0 Å². The number of pyridine rings is 1. The Hall–Kier alpha value is -1.65. The number of halogens is 2. The number of imidazole rings is 1. The summed E-state index contributed by atoms with van der Waals surface area (Å²) in [6.45, 7) is 0. The van der Waals surface area contributed by atoms with E-state index in [0.717, 1.165) is 16.7 Å². The lowest BCUT2D eigenvalue weighted by Crippen LogP contribution is -1.96. The van der Waals surface area contributed by atoms with Crippen LogP contribution in [0.3, 0.4) is 0 Å². The van der Waals surface area contributed by atoms with Gasteiger partial charge in [-0.2, -0.15) is 0 Å². The lowest BCUT2D eigenvalue weighted by Gasteiger charge is -1.96. The second kappa shape index (κ2) is 2.17. The molecule has 0 unspecified atom stereocenters. The zero-order chi connectivity index (χ0) is 8.72. The van der Waals surface area contributed by atoms with Gasteiger partial charge in [0.15, 0.2) is 5.82 Å². The first-order valence-electron chi connectivity index (χ1n) is 3.26. The fraction of sp³-hybridized carbons (Fsp3) is 0. The van der Waals surface area contributed by atoms with E-state index in [0.29, 0.717) is 0 Å². The van der Waals surface area contributed by atoms with Crippen molar-refractivity contribution in [3.63, 3.8) is 0 Å². The van der Waals surface area contributed by atoms with Crippen molar-refractivity contribution in [3.8, 4) is 0 Å². The van der Waals surface area contributed by atoms with E-state index in [1.165, 1.54) is 6.20 Å². The molecule has 0 saturated heterocycles. The molecule has 0 fully saturated rings. The van der Waals surface area contributed by atoms with Gasteiger partial charge in [0.05, 0.1) is 6.20 Å². The van der Waals surface area contributed by atoms with Crippen LogP contribution in [-0.2, 0) is 0 Å². The lowest BCUT2D eigenvalue weighted by molar-refractivity contribution is 0.579. The minimum atomic E-state index is -0.676. The van der Waals surface area contributed by atoms with Gasteiger partial charge in [-0.15, -0.1) is 0 Å². The van der Waals surface area contributed by atoms with Crippen LogP contribution < -0.4 is 5.73 Å². The van der Waals surface area contributed by atoms with E-state index in [-0.39, 0.29) is 11.5 Å². The van der Waals surface area contributed by atoms with Crippen molar-refractivity contribution >= 4 is 11.5 Å². The normalized spacial score (nSPS) is 10.8. The highest BCUT2D eigenvalue weighted by Gasteiger charge is 2.06. The van der Waals surface area contributed by atoms with Crippen molar-refractivity contribution in [2.75, 3.05) is 5.73 Å². The summed E-state index contributed by atoms with van der Waals surface area (Å²) in [6, 6.07) is 0.788. The molecule has 0 bridgehead atoms. The van der Waals surface area contributed by atoms with Crippen LogP contribution in [0.5, 0.6) is 0 Å². The smallest absolute Gasteiger partial charge is 0.205 e. The molecule has 0 aromatic carbocycles. The Morgan fingerprint density at radius 2 is 2.17 bits per heavy atom. The number of hydrogen-bond donors (Lipinski definition) is 1. The number of aromatic nitrogens is 2.